The summed E-state index contributed by atoms with van der Waals surface area (Å²) in [5, 5.41) is 9.48. The third-order valence-corrected chi connectivity index (χ3v) is 4.77. The van der Waals surface area contributed by atoms with Crippen molar-refractivity contribution in [3.63, 3.8) is 0 Å². The molecule has 0 aliphatic carbocycles. The Balaban J connectivity index is 1.81. The van der Waals surface area contributed by atoms with Gasteiger partial charge in [0.2, 0.25) is 0 Å². The van der Waals surface area contributed by atoms with Gasteiger partial charge in [-0.1, -0.05) is 56.3 Å². The van der Waals surface area contributed by atoms with Crippen molar-refractivity contribution in [2.75, 3.05) is 6.61 Å². The van der Waals surface area contributed by atoms with Gasteiger partial charge in [-0.2, -0.15) is 0 Å². The van der Waals surface area contributed by atoms with E-state index in [1.807, 2.05) is 12.1 Å². The topological polar surface area (TPSA) is 29.5 Å². The van der Waals surface area contributed by atoms with Crippen molar-refractivity contribution < 1.29 is 9.84 Å². The molecule has 116 valence electrons. The number of aromatic hydroxyl groups is 1. The zero-order chi connectivity index (χ0) is 15.5. The monoisotopic (exact) mass is 296 g/mol. The zero-order valence-corrected chi connectivity index (χ0v) is 13.3. The highest BCUT2D eigenvalue weighted by atomic mass is 16.5. The summed E-state index contributed by atoms with van der Waals surface area (Å²) in [6.45, 7) is 5.31. The van der Waals surface area contributed by atoms with Gasteiger partial charge in [0.25, 0.3) is 0 Å². The minimum atomic E-state index is 0.126. The maximum absolute atomic E-state index is 9.48. The Morgan fingerprint density at radius 2 is 1.64 bits per heavy atom. The molecule has 1 aliphatic heterocycles. The van der Waals surface area contributed by atoms with E-state index in [0.717, 1.165) is 13.0 Å². The van der Waals surface area contributed by atoms with Crippen LogP contribution in [-0.2, 0) is 4.74 Å². The third-order valence-electron chi connectivity index (χ3n) is 4.77. The lowest BCUT2D eigenvalue weighted by Gasteiger charge is -2.39. The molecule has 3 rings (SSSR count). The largest absolute Gasteiger partial charge is 0.508 e. The highest BCUT2D eigenvalue weighted by Gasteiger charge is 2.34. The number of benzene rings is 2. The van der Waals surface area contributed by atoms with Gasteiger partial charge >= 0.3 is 0 Å². The van der Waals surface area contributed by atoms with Gasteiger partial charge in [-0.25, -0.2) is 0 Å². The Morgan fingerprint density at radius 3 is 2.27 bits per heavy atom. The fourth-order valence-electron chi connectivity index (χ4n) is 3.45. The molecule has 3 atom stereocenters. The standard InChI is InChI=1S/C20H24O2/c1-14(2)19-12-17(15-6-4-3-5-7-15)13-22-20(19)16-8-10-18(21)11-9-16/h3-11,14,17,19-21H,12-13H2,1-2H3/t17-,19-,20-/m0/s1. The molecule has 2 aromatic rings. The van der Waals surface area contributed by atoms with Crippen LogP contribution in [0.5, 0.6) is 5.75 Å². The van der Waals surface area contributed by atoms with Crippen molar-refractivity contribution in [1.29, 1.82) is 0 Å². The van der Waals surface area contributed by atoms with Crippen molar-refractivity contribution in [3.05, 3.63) is 65.7 Å². The summed E-state index contributed by atoms with van der Waals surface area (Å²) in [5.74, 6) is 1.83. The van der Waals surface area contributed by atoms with Crippen molar-refractivity contribution in [2.24, 2.45) is 11.8 Å². The molecule has 1 heterocycles. The fraction of sp³-hybridized carbons (Fsp3) is 0.400. The molecule has 1 N–H and O–H groups in total. The SMILES string of the molecule is CC(C)[C@@H]1C[C@H](c2ccccc2)CO[C@H]1c1ccc(O)cc1. The summed E-state index contributed by atoms with van der Waals surface area (Å²) in [5.41, 5.74) is 2.54. The highest BCUT2D eigenvalue weighted by molar-refractivity contribution is 5.29. The summed E-state index contributed by atoms with van der Waals surface area (Å²) in [4.78, 5) is 0. The first-order chi connectivity index (χ1) is 10.6. The van der Waals surface area contributed by atoms with Crippen LogP contribution in [0.2, 0.25) is 0 Å². The van der Waals surface area contributed by atoms with E-state index in [1.165, 1.54) is 11.1 Å². The maximum atomic E-state index is 9.48. The molecule has 1 aliphatic rings. The van der Waals surface area contributed by atoms with Gasteiger partial charge in [0.1, 0.15) is 5.75 Å². The normalized spacial score (nSPS) is 25.3. The van der Waals surface area contributed by atoms with E-state index in [4.69, 9.17) is 4.74 Å². The predicted octanol–water partition coefficient (Wildman–Crippen LogP) is 4.91. The van der Waals surface area contributed by atoms with Crippen LogP contribution in [0.15, 0.2) is 54.6 Å². The summed E-state index contributed by atoms with van der Waals surface area (Å²) in [6, 6.07) is 18.1. The van der Waals surface area contributed by atoms with Gasteiger partial charge in [-0.3, -0.25) is 0 Å². The first kappa shape index (κ1) is 15.1. The molecular weight excluding hydrogens is 272 g/mol. The third kappa shape index (κ3) is 3.17. The van der Waals surface area contributed by atoms with Crippen molar-refractivity contribution in [2.45, 2.75) is 32.3 Å². The Hall–Kier alpha value is -1.80. The Labute approximate surface area is 132 Å². The molecule has 0 radical (unpaired) electrons. The van der Waals surface area contributed by atoms with E-state index in [-0.39, 0.29) is 6.10 Å². The number of phenols is 1. The first-order valence-electron chi connectivity index (χ1n) is 8.10. The molecule has 0 bridgehead atoms. The molecule has 22 heavy (non-hydrogen) atoms. The molecule has 0 saturated carbocycles. The molecule has 0 aromatic heterocycles. The molecule has 1 fully saturated rings. The molecule has 1 saturated heterocycles. The van der Waals surface area contributed by atoms with E-state index in [0.29, 0.717) is 23.5 Å². The van der Waals surface area contributed by atoms with Crippen molar-refractivity contribution >= 4 is 0 Å². The number of rotatable bonds is 3. The van der Waals surface area contributed by atoms with Crippen molar-refractivity contribution in [3.8, 4) is 5.75 Å². The minimum absolute atomic E-state index is 0.126. The maximum Gasteiger partial charge on any atom is 0.115 e. The Bertz CT molecular complexity index is 589. The lowest BCUT2D eigenvalue weighted by Crippen LogP contribution is -2.31. The lowest BCUT2D eigenvalue weighted by molar-refractivity contribution is -0.0552. The van der Waals surface area contributed by atoms with Gasteiger partial charge in [0.05, 0.1) is 12.7 Å². The second-order valence-electron chi connectivity index (χ2n) is 6.60. The molecular formula is C20H24O2. The number of ether oxygens (including phenoxy) is 1. The van der Waals surface area contributed by atoms with Crippen LogP contribution >= 0.6 is 0 Å². The Morgan fingerprint density at radius 1 is 0.955 bits per heavy atom. The summed E-state index contributed by atoms with van der Waals surface area (Å²) in [7, 11) is 0. The van der Waals surface area contributed by atoms with Gasteiger partial charge in [-0.15, -0.1) is 0 Å². The van der Waals surface area contributed by atoms with Crippen LogP contribution in [0.4, 0.5) is 0 Å². The fourth-order valence-corrected chi connectivity index (χ4v) is 3.45. The molecule has 2 aromatic carbocycles. The van der Waals surface area contributed by atoms with E-state index < -0.39 is 0 Å². The van der Waals surface area contributed by atoms with Gasteiger partial charge in [0, 0.05) is 5.92 Å². The number of hydrogen-bond donors (Lipinski definition) is 1. The van der Waals surface area contributed by atoms with Crippen LogP contribution in [0.3, 0.4) is 0 Å². The van der Waals surface area contributed by atoms with Crippen molar-refractivity contribution in [1.82, 2.24) is 0 Å². The average Bonchev–Trinajstić information content (AvgIpc) is 2.56. The second-order valence-corrected chi connectivity index (χ2v) is 6.60. The summed E-state index contributed by atoms with van der Waals surface area (Å²) < 4.78 is 6.26. The first-order valence-corrected chi connectivity index (χ1v) is 8.10. The number of phenolic OH excluding ortho intramolecular Hbond substituents is 1. The predicted molar refractivity (Wildman–Crippen MR) is 88.9 cm³/mol. The average molecular weight is 296 g/mol. The van der Waals surface area contributed by atoms with Crippen LogP contribution < -0.4 is 0 Å². The molecule has 0 amide bonds. The van der Waals surface area contributed by atoms with E-state index in [1.54, 1.807) is 12.1 Å². The molecule has 0 spiro atoms. The van der Waals surface area contributed by atoms with Gasteiger partial charge in [0.15, 0.2) is 0 Å². The molecule has 0 unspecified atom stereocenters. The molecule has 2 heteroatoms. The quantitative estimate of drug-likeness (QED) is 0.872. The van der Waals surface area contributed by atoms with Crippen LogP contribution in [0.1, 0.15) is 43.4 Å². The number of hydrogen-bond acceptors (Lipinski definition) is 2. The van der Waals surface area contributed by atoms with Gasteiger partial charge < -0.3 is 9.84 Å². The van der Waals surface area contributed by atoms with E-state index in [9.17, 15) is 5.11 Å². The van der Waals surface area contributed by atoms with Crippen LogP contribution in [-0.4, -0.2) is 11.7 Å². The summed E-state index contributed by atoms with van der Waals surface area (Å²) >= 11 is 0. The van der Waals surface area contributed by atoms with Crippen LogP contribution in [0.25, 0.3) is 0 Å². The smallest absolute Gasteiger partial charge is 0.115 e. The van der Waals surface area contributed by atoms with E-state index in [2.05, 4.69) is 44.2 Å². The van der Waals surface area contributed by atoms with E-state index >= 15 is 0 Å². The van der Waals surface area contributed by atoms with Gasteiger partial charge in [-0.05, 0) is 41.5 Å². The highest BCUT2D eigenvalue weighted by Crippen LogP contribution is 2.43. The summed E-state index contributed by atoms with van der Waals surface area (Å²) in [6.07, 6.45) is 1.27. The Kier molecular flexibility index (Phi) is 4.49. The second kappa shape index (κ2) is 6.53. The molecule has 2 nitrogen and oxygen atoms in total. The lowest BCUT2D eigenvalue weighted by atomic mass is 9.76. The minimum Gasteiger partial charge on any atom is -0.508 e. The van der Waals surface area contributed by atoms with Crippen LogP contribution in [0, 0.1) is 11.8 Å². The zero-order valence-electron chi connectivity index (χ0n) is 13.3.